The lowest BCUT2D eigenvalue weighted by atomic mass is 9.97. The van der Waals surface area contributed by atoms with Gasteiger partial charge in [0.05, 0.1) is 0 Å². The minimum Gasteiger partial charge on any atom is -0.361 e. The van der Waals surface area contributed by atoms with Gasteiger partial charge in [0.2, 0.25) is 0 Å². The number of rotatable bonds is 6. The molecule has 2 aromatic heterocycles. The number of benzene rings is 2. The SMILES string of the molecule is CCc1c[nH]c(-c2ccc3c(c2)Cc2cc(-c4[nH]cc(CC)c4CC)ccc2-3)c1CC. The van der Waals surface area contributed by atoms with Crippen LogP contribution in [0.15, 0.2) is 48.8 Å². The average Bonchev–Trinajstić information content (AvgIpc) is 3.51. The second kappa shape index (κ2) is 7.92. The third-order valence-electron chi connectivity index (χ3n) is 7.09. The minimum absolute atomic E-state index is 1.01. The van der Waals surface area contributed by atoms with Crippen molar-refractivity contribution in [3.63, 3.8) is 0 Å². The molecule has 5 rings (SSSR count). The molecule has 0 fully saturated rings. The Morgan fingerprint density at radius 1 is 0.613 bits per heavy atom. The van der Waals surface area contributed by atoms with Gasteiger partial charge in [0, 0.05) is 23.8 Å². The second-order valence-corrected chi connectivity index (χ2v) is 8.67. The largest absolute Gasteiger partial charge is 0.361 e. The van der Waals surface area contributed by atoms with Gasteiger partial charge in [0.1, 0.15) is 0 Å². The van der Waals surface area contributed by atoms with Crippen molar-refractivity contribution >= 4 is 0 Å². The van der Waals surface area contributed by atoms with Crippen LogP contribution < -0.4 is 0 Å². The van der Waals surface area contributed by atoms with Crippen LogP contribution in [0.1, 0.15) is 61.1 Å². The third kappa shape index (κ3) is 3.17. The summed E-state index contributed by atoms with van der Waals surface area (Å²) in [6.07, 6.45) is 9.69. The van der Waals surface area contributed by atoms with Gasteiger partial charge in [-0.05, 0) is 99.9 Å². The zero-order valence-electron chi connectivity index (χ0n) is 19.2. The van der Waals surface area contributed by atoms with Crippen molar-refractivity contribution in [3.8, 4) is 33.6 Å². The van der Waals surface area contributed by atoms with Crippen LogP contribution in [0.25, 0.3) is 33.6 Å². The first kappa shape index (κ1) is 19.9. The van der Waals surface area contributed by atoms with Gasteiger partial charge in [-0.1, -0.05) is 52.0 Å². The smallest absolute Gasteiger partial charge is 0.0489 e. The number of aromatic nitrogens is 2. The fourth-order valence-electron chi connectivity index (χ4n) is 5.46. The van der Waals surface area contributed by atoms with E-state index in [1.165, 1.54) is 67.0 Å². The zero-order chi connectivity index (χ0) is 21.5. The van der Waals surface area contributed by atoms with Crippen LogP contribution in [-0.2, 0) is 32.1 Å². The van der Waals surface area contributed by atoms with Crippen molar-refractivity contribution in [2.24, 2.45) is 0 Å². The molecule has 0 radical (unpaired) electrons. The van der Waals surface area contributed by atoms with Crippen LogP contribution >= 0.6 is 0 Å². The summed E-state index contributed by atoms with van der Waals surface area (Å²) in [6, 6.07) is 14.0. The number of aromatic amines is 2. The predicted octanol–water partition coefficient (Wildman–Crippen LogP) is 7.50. The maximum absolute atomic E-state index is 3.55. The highest BCUT2D eigenvalue weighted by atomic mass is 14.7. The highest BCUT2D eigenvalue weighted by Gasteiger charge is 2.21. The molecule has 2 N–H and O–H groups in total. The van der Waals surface area contributed by atoms with Crippen molar-refractivity contribution in [3.05, 3.63) is 82.2 Å². The first-order valence-corrected chi connectivity index (χ1v) is 11.8. The van der Waals surface area contributed by atoms with E-state index in [-0.39, 0.29) is 0 Å². The average molecular weight is 409 g/mol. The van der Waals surface area contributed by atoms with E-state index in [9.17, 15) is 0 Å². The van der Waals surface area contributed by atoms with Gasteiger partial charge in [0.25, 0.3) is 0 Å². The number of H-pyrrole nitrogens is 2. The quantitative estimate of drug-likeness (QED) is 0.291. The summed E-state index contributed by atoms with van der Waals surface area (Å²) >= 11 is 0. The predicted molar refractivity (Wildman–Crippen MR) is 132 cm³/mol. The second-order valence-electron chi connectivity index (χ2n) is 8.67. The summed E-state index contributed by atoms with van der Waals surface area (Å²) < 4.78 is 0. The Balaban J connectivity index is 1.52. The van der Waals surface area contributed by atoms with E-state index in [0.717, 1.165) is 32.1 Å². The minimum atomic E-state index is 1.01. The lowest BCUT2D eigenvalue weighted by Crippen LogP contribution is -1.90. The lowest BCUT2D eigenvalue weighted by molar-refractivity contribution is 1.06. The Hall–Kier alpha value is -3.00. The van der Waals surface area contributed by atoms with E-state index in [0.29, 0.717) is 0 Å². The van der Waals surface area contributed by atoms with Crippen LogP contribution in [0.2, 0.25) is 0 Å². The molecule has 0 bridgehead atoms. The van der Waals surface area contributed by atoms with Gasteiger partial charge >= 0.3 is 0 Å². The standard InChI is InChI=1S/C29H32N2/c1-5-18-16-30-28(24(18)7-3)20-9-11-26-22(13-20)15-23-14-21(10-12-27(23)26)29-25(8-4)19(6-2)17-31-29/h9-14,16-17,30-31H,5-8,15H2,1-4H3. The van der Waals surface area contributed by atoms with E-state index >= 15 is 0 Å². The topological polar surface area (TPSA) is 31.6 Å². The Bertz CT molecular complexity index is 1150. The number of aryl methyl sites for hydroxylation is 2. The molecule has 2 nitrogen and oxygen atoms in total. The zero-order valence-corrected chi connectivity index (χ0v) is 19.2. The van der Waals surface area contributed by atoms with Gasteiger partial charge < -0.3 is 9.97 Å². The number of nitrogens with one attached hydrogen (secondary N) is 2. The van der Waals surface area contributed by atoms with Crippen LogP contribution in [0.3, 0.4) is 0 Å². The first-order valence-electron chi connectivity index (χ1n) is 11.8. The van der Waals surface area contributed by atoms with Crippen LogP contribution in [0, 0.1) is 0 Å². The summed E-state index contributed by atoms with van der Waals surface area (Å²) in [6.45, 7) is 8.98. The molecule has 0 aliphatic heterocycles. The Labute approximate surface area is 185 Å². The number of hydrogen-bond donors (Lipinski definition) is 2. The number of hydrogen-bond acceptors (Lipinski definition) is 0. The fourth-order valence-corrected chi connectivity index (χ4v) is 5.46. The molecule has 31 heavy (non-hydrogen) atoms. The van der Waals surface area contributed by atoms with E-state index in [1.54, 1.807) is 0 Å². The van der Waals surface area contributed by atoms with E-state index in [2.05, 4.69) is 86.5 Å². The fraction of sp³-hybridized carbons (Fsp3) is 0.310. The highest BCUT2D eigenvalue weighted by molar-refractivity contribution is 5.83. The molecule has 2 heterocycles. The normalized spacial score (nSPS) is 12.3. The highest BCUT2D eigenvalue weighted by Crippen LogP contribution is 2.41. The van der Waals surface area contributed by atoms with Crippen molar-refractivity contribution < 1.29 is 0 Å². The molecule has 4 aromatic rings. The van der Waals surface area contributed by atoms with Crippen LogP contribution in [0.4, 0.5) is 0 Å². The Morgan fingerprint density at radius 2 is 1.06 bits per heavy atom. The first-order chi connectivity index (χ1) is 15.2. The summed E-state index contributed by atoms with van der Waals surface area (Å²) in [4.78, 5) is 7.10. The molecule has 0 spiro atoms. The summed E-state index contributed by atoms with van der Waals surface area (Å²) in [7, 11) is 0. The van der Waals surface area contributed by atoms with Crippen LogP contribution in [-0.4, -0.2) is 9.97 Å². The van der Waals surface area contributed by atoms with Crippen LogP contribution in [0.5, 0.6) is 0 Å². The van der Waals surface area contributed by atoms with E-state index < -0.39 is 0 Å². The molecular weight excluding hydrogens is 376 g/mol. The molecule has 1 aliphatic rings. The van der Waals surface area contributed by atoms with Crippen molar-refractivity contribution in [2.45, 2.75) is 59.8 Å². The van der Waals surface area contributed by atoms with E-state index in [4.69, 9.17) is 0 Å². The Kier molecular flexibility index (Phi) is 5.09. The summed E-state index contributed by atoms with van der Waals surface area (Å²) in [5.41, 5.74) is 16.7. The molecule has 0 unspecified atom stereocenters. The van der Waals surface area contributed by atoms with Gasteiger partial charge in [-0.2, -0.15) is 0 Å². The van der Waals surface area contributed by atoms with Crippen molar-refractivity contribution in [1.82, 2.24) is 9.97 Å². The molecule has 0 amide bonds. The van der Waals surface area contributed by atoms with Gasteiger partial charge in [-0.15, -0.1) is 0 Å². The lowest BCUT2D eigenvalue weighted by Gasteiger charge is -2.08. The third-order valence-corrected chi connectivity index (χ3v) is 7.09. The molecule has 158 valence electrons. The molecule has 0 atom stereocenters. The maximum Gasteiger partial charge on any atom is 0.0489 e. The molecule has 0 saturated carbocycles. The molecule has 2 aromatic carbocycles. The van der Waals surface area contributed by atoms with E-state index in [1.807, 2.05) is 0 Å². The van der Waals surface area contributed by atoms with Crippen molar-refractivity contribution in [2.75, 3.05) is 0 Å². The molecule has 2 heteroatoms. The summed E-state index contributed by atoms with van der Waals surface area (Å²) in [5.74, 6) is 0. The van der Waals surface area contributed by atoms with Crippen molar-refractivity contribution in [1.29, 1.82) is 0 Å². The monoisotopic (exact) mass is 408 g/mol. The molecule has 1 aliphatic carbocycles. The Morgan fingerprint density at radius 3 is 1.45 bits per heavy atom. The number of fused-ring (bicyclic) bond motifs is 3. The molecule has 0 saturated heterocycles. The van der Waals surface area contributed by atoms with Gasteiger partial charge in [0.15, 0.2) is 0 Å². The van der Waals surface area contributed by atoms with Gasteiger partial charge in [-0.25, -0.2) is 0 Å². The molecular formula is C29H32N2. The maximum atomic E-state index is 3.55. The summed E-state index contributed by atoms with van der Waals surface area (Å²) in [5, 5.41) is 0. The van der Waals surface area contributed by atoms with Gasteiger partial charge in [-0.3, -0.25) is 0 Å².